The van der Waals surface area contributed by atoms with Gasteiger partial charge in [0.05, 0.1) is 28.4 Å². The van der Waals surface area contributed by atoms with E-state index in [4.69, 9.17) is 39.4 Å². The highest BCUT2D eigenvalue weighted by atomic mass is 35.5. The van der Waals surface area contributed by atoms with Gasteiger partial charge in [0.25, 0.3) is 0 Å². The normalized spacial score (nSPS) is 29.6. The molecule has 1 aromatic rings. The molecule has 5 N–H and O–H groups in total. The van der Waals surface area contributed by atoms with E-state index in [0.717, 1.165) is 25.9 Å². The van der Waals surface area contributed by atoms with E-state index in [1.807, 2.05) is 13.8 Å². The van der Waals surface area contributed by atoms with Gasteiger partial charge in [0.1, 0.15) is 5.82 Å². The van der Waals surface area contributed by atoms with E-state index in [9.17, 15) is 5.11 Å². The van der Waals surface area contributed by atoms with Gasteiger partial charge in [-0.05, 0) is 38.8 Å². The zero-order valence-corrected chi connectivity index (χ0v) is 18.1. The molecule has 0 amide bonds. The first-order chi connectivity index (χ1) is 13.7. The predicted octanol–water partition coefficient (Wildman–Crippen LogP) is 2.51. The van der Waals surface area contributed by atoms with E-state index in [1.165, 1.54) is 4.90 Å². The van der Waals surface area contributed by atoms with Gasteiger partial charge in [0, 0.05) is 30.1 Å². The lowest BCUT2D eigenvalue weighted by atomic mass is 9.73. The molecular formula is C20H27Cl2N5O2. The van der Waals surface area contributed by atoms with Crippen molar-refractivity contribution < 1.29 is 9.84 Å². The molecule has 158 valence electrons. The minimum absolute atomic E-state index is 0.0211. The third-order valence-electron chi connectivity index (χ3n) is 6.55. The van der Waals surface area contributed by atoms with E-state index in [0.29, 0.717) is 33.7 Å². The molecule has 4 rings (SSSR count). The first kappa shape index (κ1) is 20.8. The van der Waals surface area contributed by atoms with Gasteiger partial charge >= 0.3 is 0 Å². The molecule has 7 nitrogen and oxygen atoms in total. The summed E-state index contributed by atoms with van der Waals surface area (Å²) < 4.78 is 5.81. The zero-order valence-electron chi connectivity index (χ0n) is 16.6. The maximum absolute atomic E-state index is 11.0. The molecule has 0 aromatic heterocycles. The number of benzene rings is 1. The second-order valence-corrected chi connectivity index (χ2v) is 8.97. The van der Waals surface area contributed by atoms with E-state index in [-0.39, 0.29) is 23.5 Å². The van der Waals surface area contributed by atoms with Crippen LogP contribution in [-0.4, -0.2) is 54.0 Å². The minimum Gasteiger partial charge on any atom is -0.376 e. The maximum atomic E-state index is 11.0. The van der Waals surface area contributed by atoms with Crippen LogP contribution in [0.1, 0.15) is 26.7 Å². The average molecular weight is 440 g/mol. The third-order valence-corrected chi connectivity index (χ3v) is 7.36. The summed E-state index contributed by atoms with van der Waals surface area (Å²) in [5.41, 5.74) is 13.9. The molecule has 1 aromatic carbocycles. The summed E-state index contributed by atoms with van der Waals surface area (Å²) in [6.45, 7) is 6.18. The Labute approximate surface area is 180 Å². The first-order valence-corrected chi connectivity index (χ1v) is 10.6. The van der Waals surface area contributed by atoms with E-state index in [1.54, 1.807) is 18.2 Å². The number of hydrogen-bond acceptors (Lipinski definition) is 7. The quantitative estimate of drug-likeness (QED) is 0.654. The molecule has 9 heteroatoms. The van der Waals surface area contributed by atoms with Crippen LogP contribution in [-0.2, 0) is 4.74 Å². The number of hydrogen-bond donors (Lipinski definition) is 3. The highest BCUT2D eigenvalue weighted by Crippen LogP contribution is 2.43. The number of nitrogens with two attached hydrogens (primary N) is 2. The molecule has 3 heterocycles. The number of piperidine rings is 1. The molecule has 3 atom stereocenters. The topological polar surface area (TPSA) is 100 Å². The summed E-state index contributed by atoms with van der Waals surface area (Å²) >= 11 is 12.5. The number of rotatable bonds is 2. The zero-order chi connectivity index (χ0) is 20.9. The van der Waals surface area contributed by atoms with Crippen LogP contribution < -0.4 is 16.4 Å². The molecule has 0 radical (unpaired) electrons. The standard InChI is InChI=1S/C20H27Cl2N5O2/c1-11-17(26-8-6-20(7-9-26)10-29-12(2)16(20)23)25-19(24)27(18(11)28)14-5-3-4-13(21)15(14)22/h3-5,12,16,18,28H,6-10,23H2,1-2H3,(H2,24,25)/t12-,16+,18?/m0/s1. The molecule has 1 spiro atoms. The minimum atomic E-state index is -0.980. The summed E-state index contributed by atoms with van der Waals surface area (Å²) in [7, 11) is 0. The van der Waals surface area contributed by atoms with Gasteiger partial charge in [-0.3, -0.25) is 4.90 Å². The van der Waals surface area contributed by atoms with Crippen LogP contribution in [0.5, 0.6) is 0 Å². The number of aliphatic hydroxyl groups excluding tert-OH is 1. The van der Waals surface area contributed by atoms with Crippen molar-refractivity contribution in [3.63, 3.8) is 0 Å². The Kier molecular flexibility index (Phi) is 5.46. The number of aliphatic imine (C=N–C) groups is 1. The van der Waals surface area contributed by atoms with Crippen LogP contribution in [0.15, 0.2) is 34.6 Å². The monoisotopic (exact) mass is 439 g/mol. The van der Waals surface area contributed by atoms with E-state index >= 15 is 0 Å². The number of halogens is 2. The Hall–Kier alpha value is -1.51. The Balaban J connectivity index is 1.56. The SMILES string of the molecule is CC1=C(N2CCC3(CC2)CO[C@@H](C)[C@H]3N)N=C(N)N(c2cccc(Cl)c2Cl)C1O. The number of ether oxygens (including phenoxy) is 1. The van der Waals surface area contributed by atoms with Crippen molar-refractivity contribution in [1.29, 1.82) is 0 Å². The lowest BCUT2D eigenvalue weighted by molar-refractivity contribution is 0.0758. The fourth-order valence-electron chi connectivity index (χ4n) is 4.58. The molecule has 2 fully saturated rings. The van der Waals surface area contributed by atoms with Crippen molar-refractivity contribution >= 4 is 34.8 Å². The second-order valence-electron chi connectivity index (χ2n) is 8.18. The smallest absolute Gasteiger partial charge is 0.204 e. The van der Waals surface area contributed by atoms with Crippen molar-refractivity contribution in [2.45, 2.75) is 45.1 Å². The van der Waals surface area contributed by atoms with Gasteiger partial charge in [-0.15, -0.1) is 0 Å². The van der Waals surface area contributed by atoms with Gasteiger partial charge in [-0.2, -0.15) is 4.99 Å². The van der Waals surface area contributed by atoms with Crippen LogP contribution in [0.2, 0.25) is 10.0 Å². The third kappa shape index (κ3) is 3.39. The van der Waals surface area contributed by atoms with Gasteiger partial charge in [0.2, 0.25) is 5.96 Å². The number of nitrogens with zero attached hydrogens (tertiary/aromatic N) is 3. The molecule has 0 saturated carbocycles. The summed E-state index contributed by atoms with van der Waals surface area (Å²) in [4.78, 5) is 8.29. The fraction of sp³-hybridized carbons (Fsp3) is 0.550. The van der Waals surface area contributed by atoms with Crippen LogP contribution in [0.25, 0.3) is 0 Å². The average Bonchev–Trinajstić information content (AvgIpc) is 2.97. The van der Waals surface area contributed by atoms with Crippen molar-refractivity contribution in [1.82, 2.24) is 4.90 Å². The van der Waals surface area contributed by atoms with Crippen molar-refractivity contribution in [3.8, 4) is 0 Å². The summed E-state index contributed by atoms with van der Waals surface area (Å²) in [5, 5.41) is 11.7. The van der Waals surface area contributed by atoms with Crippen molar-refractivity contribution in [2.24, 2.45) is 21.9 Å². The van der Waals surface area contributed by atoms with Gasteiger partial charge < -0.3 is 26.2 Å². The summed E-state index contributed by atoms with van der Waals surface area (Å²) in [6, 6.07) is 5.25. The van der Waals surface area contributed by atoms with Crippen LogP contribution in [0, 0.1) is 5.41 Å². The largest absolute Gasteiger partial charge is 0.376 e. The van der Waals surface area contributed by atoms with Gasteiger partial charge in [-0.25, -0.2) is 0 Å². The Morgan fingerprint density at radius 3 is 2.59 bits per heavy atom. The number of anilines is 1. The first-order valence-electron chi connectivity index (χ1n) is 9.83. The molecule has 0 aliphatic carbocycles. The lowest BCUT2D eigenvalue weighted by Crippen LogP contribution is -2.53. The number of aliphatic hydroxyl groups is 1. The fourth-order valence-corrected chi connectivity index (χ4v) is 4.96. The number of likely N-dealkylation sites (tertiary alicyclic amines) is 1. The molecule has 1 unspecified atom stereocenters. The summed E-state index contributed by atoms with van der Waals surface area (Å²) in [6.07, 6.45) is 0.949. The Morgan fingerprint density at radius 1 is 1.28 bits per heavy atom. The van der Waals surface area contributed by atoms with Crippen molar-refractivity contribution in [2.75, 3.05) is 24.6 Å². The van der Waals surface area contributed by atoms with Crippen LogP contribution >= 0.6 is 23.2 Å². The molecule has 3 aliphatic heterocycles. The van der Waals surface area contributed by atoms with Crippen molar-refractivity contribution in [3.05, 3.63) is 39.6 Å². The lowest BCUT2D eigenvalue weighted by Gasteiger charge is -2.44. The maximum Gasteiger partial charge on any atom is 0.204 e. The van der Waals surface area contributed by atoms with Crippen LogP contribution in [0.3, 0.4) is 0 Å². The van der Waals surface area contributed by atoms with Gasteiger partial charge in [-0.1, -0.05) is 29.3 Å². The highest BCUT2D eigenvalue weighted by molar-refractivity contribution is 6.44. The molecule has 0 bridgehead atoms. The van der Waals surface area contributed by atoms with Crippen LogP contribution in [0.4, 0.5) is 5.69 Å². The highest BCUT2D eigenvalue weighted by Gasteiger charge is 2.48. The summed E-state index contributed by atoms with van der Waals surface area (Å²) in [5.74, 6) is 0.886. The Morgan fingerprint density at radius 2 is 1.97 bits per heavy atom. The molecular weight excluding hydrogens is 413 g/mol. The second kappa shape index (κ2) is 7.63. The Bertz CT molecular complexity index is 866. The predicted molar refractivity (Wildman–Crippen MR) is 116 cm³/mol. The van der Waals surface area contributed by atoms with Gasteiger partial charge in [0.15, 0.2) is 6.23 Å². The molecule has 3 aliphatic rings. The molecule has 29 heavy (non-hydrogen) atoms. The molecule has 2 saturated heterocycles. The number of guanidine groups is 1. The van der Waals surface area contributed by atoms with E-state index in [2.05, 4.69) is 9.89 Å². The van der Waals surface area contributed by atoms with E-state index < -0.39 is 6.23 Å².